The molecule has 2 aromatic rings. The van der Waals surface area contributed by atoms with Crippen LogP contribution in [-0.2, 0) is 4.79 Å². The van der Waals surface area contributed by atoms with Crippen molar-refractivity contribution in [2.24, 2.45) is 5.92 Å². The fourth-order valence-electron chi connectivity index (χ4n) is 2.84. The lowest BCUT2D eigenvalue weighted by atomic mass is 9.97. The predicted octanol–water partition coefficient (Wildman–Crippen LogP) is 2.78. The van der Waals surface area contributed by atoms with Crippen LogP contribution in [0.4, 0.5) is 15.9 Å². The average molecular weight is 314 g/mol. The van der Waals surface area contributed by atoms with Crippen molar-refractivity contribution in [3.05, 3.63) is 48.2 Å². The van der Waals surface area contributed by atoms with Gasteiger partial charge in [-0.15, -0.1) is 0 Å². The Bertz CT molecular complexity index is 692. The Morgan fingerprint density at radius 3 is 2.96 bits per heavy atom. The van der Waals surface area contributed by atoms with Gasteiger partial charge in [0.2, 0.25) is 11.9 Å². The van der Waals surface area contributed by atoms with Gasteiger partial charge in [-0.05, 0) is 44.0 Å². The summed E-state index contributed by atoms with van der Waals surface area (Å²) in [5.74, 6) is 0.182. The van der Waals surface area contributed by atoms with Crippen molar-refractivity contribution in [3.63, 3.8) is 0 Å². The quantitative estimate of drug-likeness (QED) is 0.885. The van der Waals surface area contributed by atoms with Gasteiger partial charge in [-0.3, -0.25) is 4.79 Å². The second-order valence-corrected chi connectivity index (χ2v) is 5.73. The van der Waals surface area contributed by atoms with Gasteiger partial charge in [0, 0.05) is 19.3 Å². The SMILES string of the molecule is Cc1nc(F)ccc1NC(=O)C1CCCN(c2ccccn2)C1. The van der Waals surface area contributed by atoms with Crippen molar-refractivity contribution in [1.29, 1.82) is 0 Å². The first-order valence-corrected chi connectivity index (χ1v) is 7.73. The standard InChI is InChI=1S/C17H19FN4O/c1-12-14(7-8-15(18)20-12)21-17(23)13-5-4-10-22(11-13)16-6-2-3-9-19-16/h2-3,6-9,13H,4-5,10-11H2,1H3,(H,21,23). The molecule has 1 aliphatic rings. The molecule has 0 saturated carbocycles. The van der Waals surface area contributed by atoms with Gasteiger partial charge >= 0.3 is 0 Å². The van der Waals surface area contributed by atoms with Gasteiger partial charge in [0.15, 0.2) is 0 Å². The number of amides is 1. The molecule has 0 aliphatic carbocycles. The van der Waals surface area contributed by atoms with Gasteiger partial charge in [0.05, 0.1) is 17.3 Å². The van der Waals surface area contributed by atoms with Gasteiger partial charge in [0.25, 0.3) is 0 Å². The van der Waals surface area contributed by atoms with E-state index in [1.54, 1.807) is 19.2 Å². The van der Waals surface area contributed by atoms with E-state index in [0.29, 0.717) is 17.9 Å². The van der Waals surface area contributed by atoms with Crippen molar-refractivity contribution in [3.8, 4) is 0 Å². The summed E-state index contributed by atoms with van der Waals surface area (Å²) in [7, 11) is 0. The molecule has 2 aromatic heterocycles. The van der Waals surface area contributed by atoms with Crippen molar-refractivity contribution in [2.45, 2.75) is 19.8 Å². The molecule has 0 aromatic carbocycles. The first-order chi connectivity index (χ1) is 11.1. The molecule has 0 bridgehead atoms. The third-order valence-electron chi connectivity index (χ3n) is 4.08. The van der Waals surface area contributed by atoms with E-state index in [0.717, 1.165) is 25.2 Å². The molecule has 0 radical (unpaired) electrons. The predicted molar refractivity (Wildman–Crippen MR) is 86.7 cm³/mol. The lowest BCUT2D eigenvalue weighted by Gasteiger charge is -2.32. The molecule has 1 N–H and O–H groups in total. The molecule has 120 valence electrons. The van der Waals surface area contributed by atoms with E-state index >= 15 is 0 Å². The van der Waals surface area contributed by atoms with E-state index < -0.39 is 5.95 Å². The minimum atomic E-state index is -0.542. The topological polar surface area (TPSA) is 58.1 Å². The minimum absolute atomic E-state index is 0.0536. The van der Waals surface area contributed by atoms with Crippen LogP contribution >= 0.6 is 0 Å². The van der Waals surface area contributed by atoms with Crippen molar-refractivity contribution in [1.82, 2.24) is 9.97 Å². The summed E-state index contributed by atoms with van der Waals surface area (Å²) in [5, 5.41) is 2.86. The van der Waals surface area contributed by atoms with Crippen molar-refractivity contribution in [2.75, 3.05) is 23.3 Å². The lowest BCUT2D eigenvalue weighted by Crippen LogP contribution is -2.41. The van der Waals surface area contributed by atoms with Crippen molar-refractivity contribution >= 4 is 17.4 Å². The summed E-state index contributed by atoms with van der Waals surface area (Å²) in [4.78, 5) is 22.7. The van der Waals surface area contributed by atoms with Gasteiger partial charge in [-0.1, -0.05) is 6.07 Å². The first kappa shape index (κ1) is 15.4. The van der Waals surface area contributed by atoms with Crippen LogP contribution in [0, 0.1) is 18.8 Å². The van der Waals surface area contributed by atoms with E-state index in [2.05, 4.69) is 20.2 Å². The van der Waals surface area contributed by atoms with Crippen LogP contribution in [0.15, 0.2) is 36.5 Å². The van der Waals surface area contributed by atoms with Crippen LogP contribution in [0.5, 0.6) is 0 Å². The number of halogens is 1. The number of nitrogens with zero attached hydrogens (tertiary/aromatic N) is 3. The van der Waals surface area contributed by atoms with Crippen LogP contribution in [0.2, 0.25) is 0 Å². The average Bonchev–Trinajstić information content (AvgIpc) is 2.58. The number of carbonyl (C=O) groups is 1. The normalized spacial score (nSPS) is 17.8. The molecule has 3 heterocycles. The van der Waals surface area contributed by atoms with Crippen LogP contribution in [-0.4, -0.2) is 29.0 Å². The molecule has 5 nitrogen and oxygen atoms in total. The third-order valence-corrected chi connectivity index (χ3v) is 4.08. The van der Waals surface area contributed by atoms with Crippen molar-refractivity contribution < 1.29 is 9.18 Å². The molecule has 1 unspecified atom stereocenters. The maximum Gasteiger partial charge on any atom is 0.229 e. The van der Waals surface area contributed by atoms with E-state index in [1.165, 1.54) is 6.07 Å². The van der Waals surface area contributed by atoms with Gasteiger partial charge < -0.3 is 10.2 Å². The first-order valence-electron chi connectivity index (χ1n) is 7.73. The number of hydrogen-bond acceptors (Lipinski definition) is 4. The van der Waals surface area contributed by atoms with Crippen LogP contribution in [0.25, 0.3) is 0 Å². The van der Waals surface area contributed by atoms with Crippen LogP contribution in [0.3, 0.4) is 0 Å². The Labute approximate surface area is 134 Å². The molecule has 1 amide bonds. The highest BCUT2D eigenvalue weighted by Crippen LogP contribution is 2.23. The second kappa shape index (κ2) is 6.73. The molecule has 0 spiro atoms. The summed E-state index contributed by atoms with van der Waals surface area (Å²) in [6, 6.07) is 8.58. The Morgan fingerprint density at radius 1 is 1.35 bits per heavy atom. The zero-order valence-electron chi connectivity index (χ0n) is 13.0. The monoisotopic (exact) mass is 314 g/mol. The molecular weight excluding hydrogens is 295 g/mol. The highest BCUT2D eigenvalue weighted by atomic mass is 19.1. The van der Waals surface area contributed by atoms with E-state index in [1.807, 2.05) is 18.2 Å². The van der Waals surface area contributed by atoms with Gasteiger partial charge in [-0.2, -0.15) is 4.39 Å². The number of aromatic nitrogens is 2. The number of hydrogen-bond donors (Lipinski definition) is 1. The number of pyridine rings is 2. The summed E-state index contributed by atoms with van der Waals surface area (Å²) in [5.41, 5.74) is 1.04. The summed E-state index contributed by atoms with van der Waals surface area (Å²) < 4.78 is 13.0. The second-order valence-electron chi connectivity index (χ2n) is 5.73. The van der Waals surface area contributed by atoms with Gasteiger partial charge in [0.1, 0.15) is 5.82 Å². The molecule has 1 fully saturated rings. The molecule has 3 rings (SSSR count). The maximum absolute atomic E-state index is 13.0. The number of rotatable bonds is 3. The highest BCUT2D eigenvalue weighted by molar-refractivity contribution is 5.93. The van der Waals surface area contributed by atoms with E-state index in [-0.39, 0.29) is 11.8 Å². The summed E-state index contributed by atoms with van der Waals surface area (Å²) in [6.45, 7) is 3.22. The molecule has 6 heteroatoms. The molecule has 1 aliphatic heterocycles. The molecule has 1 saturated heterocycles. The maximum atomic E-state index is 13.0. The number of carbonyl (C=O) groups excluding carboxylic acids is 1. The van der Waals surface area contributed by atoms with E-state index in [9.17, 15) is 9.18 Å². The largest absolute Gasteiger partial charge is 0.356 e. The summed E-state index contributed by atoms with van der Waals surface area (Å²) in [6.07, 6.45) is 3.53. The Balaban J connectivity index is 1.67. The fourth-order valence-corrected chi connectivity index (χ4v) is 2.84. The molecule has 1 atom stereocenters. The number of nitrogens with one attached hydrogen (secondary N) is 1. The fraction of sp³-hybridized carbons (Fsp3) is 0.353. The Hall–Kier alpha value is -2.50. The third kappa shape index (κ3) is 3.64. The summed E-state index contributed by atoms with van der Waals surface area (Å²) >= 11 is 0. The number of aryl methyl sites for hydroxylation is 1. The Morgan fingerprint density at radius 2 is 2.22 bits per heavy atom. The zero-order chi connectivity index (χ0) is 16.2. The minimum Gasteiger partial charge on any atom is -0.356 e. The molecular formula is C17H19FN4O. The zero-order valence-corrected chi connectivity index (χ0v) is 13.0. The Kier molecular flexibility index (Phi) is 4.50. The van der Waals surface area contributed by atoms with Gasteiger partial charge in [-0.25, -0.2) is 9.97 Å². The smallest absolute Gasteiger partial charge is 0.229 e. The van der Waals surface area contributed by atoms with Crippen LogP contribution < -0.4 is 10.2 Å². The molecule has 23 heavy (non-hydrogen) atoms. The number of piperidine rings is 1. The lowest BCUT2D eigenvalue weighted by molar-refractivity contribution is -0.120. The van der Waals surface area contributed by atoms with Crippen LogP contribution in [0.1, 0.15) is 18.5 Å². The number of anilines is 2. The highest BCUT2D eigenvalue weighted by Gasteiger charge is 2.26. The van der Waals surface area contributed by atoms with E-state index in [4.69, 9.17) is 0 Å².